The molecule has 114 valence electrons. The summed E-state index contributed by atoms with van der Waals surface area (Å²) in [6, 6.07) is 14.9. The van der Waals surface area contributed by atoms with Gasteiger partial charge in [-0.2, -0.15) is 18.3 Å². The SMILES string of the molecule is FC(F)(F)c1ccc(B2Nc3ccccc3-c3ccnn32)cc1. The zero-order chi connectivity index (χ0) is 16.0. The molecule has 0 fully saturated rings. The van der Waals surface area contributed by atoms with Crippen LogP contribution in [0.3, 0.4) is 0 Å². The monoisotopic (exact) mass is 313 g/mol. The van der Waals surface area contributed by atoms with Crippen molar-refractivity contribution in [2.75, 3.05) is 5.23 Å². The Bertz CT molecular complexity index is 856. The first kappa shape index (κ1) is 13.9. The first-order valence-electron chi connectivity index (χ1n) is 7.11. The fourth-order valence-electron chi connectivity index (χ4n) is 2.85. The lowest BCUT2D eigenvalue weighted by molar-refractivity contribution is -0.137. The van der Waals surface area contributed by atoms with Crippen molar-refractivity contribution in [1.29, 1.82) is 0 Å². The third-order valence-electron chi connectivity index (χ3n) is 3.96. The average molecular weight is 313 g/mol. The minimum atomic E-state index is -4.33. The largest absolute Gasteiger partial charge is 0.430 e. The fourth-order valence-corrected chi connectivity index (χ4v) is 2.85. The molecule has 4 rings (SSSR count). The highest BCUT2D eigenvalue weighted by atomic mass is 19.4. The molecule has 1 aliphatic rings. The molecule has 23 heavy (non-hydrogen) atoms. The van der Waals surface area contributed by atoms with E-state index in [1.165, 1.54) is 12.1 Å². The standard InChI is InChI=1S/C16H11BF3N3/c18-16(19,20)11-5-7-12(8-6-11)17-22-14-4-2-1-3-13(14)15-9-10-21-23(15)17/h1-10,22H. The summed E-state index contributed by atoms with van der Waals surface area (Å²) in [4.78, 5) is 0. The minimum absolute atomic E-state index is 0.336. The Balaban J connectivity index is 1.77. The Morgan fingerprint density at radius 2 is 1.70 bits per heavy atom. The van der Waals surface area contributed by atoms with Gasteiger partial charge >= 0.3 is 13.2 Å². The van der Waals surface area contributed by atoms with Crippen molar-refractivity contribution in [2.45, 2.75) is 6.18 Å². The number of fused-ring (bicyclic) bond motifs is 3. The van der Waals surface area contributed by atoms with Crippen molar-refractivity contribution >= 4 is 18.1 Å². The van der Waals surface area contributed by atoms with Crippen LogP contribution in [0.4, 0.5) is 18.9 Å². The lowest BCUT2D eigenvalue weighted by atomic mass is 9.66. The van der Waals surface area contributed by atoms with Crippen LogP contribution in [0.25, 0.3) is 11.3 Å². The highest BCUT2D eigenvalue weighted by molar-refractivity contribution is 6.75. The molecule has 0 radical (unpaired) electrons. The lowest BCUT2D eigenvalue weighted by Crippen LogP contribution is -2.48. The van der Waals surface area contributed by atoms with Gasteiger partial charge in [-0.15, -0.1) is 0 Å². The molecule has 1 aliphatic heterocycles. The van der Waals surface area contributed by atoms with Gasteiger partial charge in [0.25, 0.3) is 0 Å². The maximum absolute atomic E-state index is 12.7. The zero-order valence-corrected chi connectivity index (χ0v) is 11.9. The van der Waals surface area contributed by atoms with E-state index in [9.17, 15) is 13.2 Å². The summed E-state index contributed by atoms with van der Waals surface area (Å²) in [6.07, 6.45) is -2.64. The summed E-state index contributed by atoms with van der Waals surface area (Å²) >= 11 is 0. The number of aromatic nitrogens is 2. The predicted molar refractivity (Wildman–Crippen MR) is 83.5 cm³/mol. The van der Waals surface area contributed by atoms with E-state index < -0.39 is 11.7 Å². The normalized spacial score (nSPS) is 13.3. The van der Waals surface area contributed by atoms with Gasteiger partial charge in [0.05, 0.1) is 11.3 Å². The molecular formula is C16H11BF3N3. The summed E-state index contributed by atoms with van der Waals surface area (Å²) in [5.74, 6) is 0. The van der Waals surface area contributed by atoms with Crippen LogP contribution in [-0.4, -0.2) is 16.7 Å². The van der Waals surface area contributed by atoms with Crippen LogP contribution in [0, 0.1) is 0 Å². The molecule has 1 aromatic heterocycles. The van der Waals surface area contributed by atoms with E-state index in [0.717, 1.165) is 34.5 Å². The molecule has 7 heteroatoms. The minimum Gasteiger partial charge on any atom is -0.404 e. The molecular weight excluding hydrogens is 302 g/mol. The quantitative estimate of drug-likeness (QED) is 0.699. The second-order valence-electron chi connectivity index (χ2n) is 5.37. The smallest absolute Gasteiger partial charge is 0.404 e. The summed E-state index contributed by atoms with van der Waals surface area (Å²) in [7, 11) is 0. The van der Waals surface area contributed by atoms with Crippen LogP contribution in [0.15, 0.2) is 60.8 Å². The topological polar surface area (TPSA) is 29.9 Å². The molecule has 0 amide bonds. The summed E-state index contributed by atoms with van der Waals surface area (Å²) in [5.41, 5.74) is 2.96. The number of hydrogen-bond acceptors (Lipinski definition) is 2. The van der Waals surface area contributed by atoms with Crippen molar-refractivity contribution in [2.24, 2.45) is 0 Å². The fraction of sp³-hybridized carbons (Fsp3) is 0.0625. The van der Waals surface area contributed by atoms with Gasteiger partial charge in [-0.1, -0.05) is 42.5 Å². The number of para-hydroxylation sites is 1. The average Bonchev–Trinajstić information content (AvgIpc) is 3.03. The van der Waals surface area contributed by atoms with Crippen LogP contribution in [0.1, 0.15) is 5.56 Å². The molecule has 0 saturated carbocycles. The number of benzene rings is 2. The van der Waals surface area contributed by atoms with Crippen LogP contribution in [0.5, 0.6) is 0 Å². The van der Waals surface area contributed by atoms with E-state index in [-0.39, 0.29) is 6.98 Å². The van der Waals surface area contributed by atoms with Crippen molar-refractivity contribution in [3.8, 4) is 11.3 Å². The second kappa shape index (κ2) is 4.91. The molecule has 0 aliphatic carbocycles. The Hall–Kier alpha value is -2.70. The van der Waals surface area contributed by atoms with E-state index in [0.29, 0.717) is 0 Å². The van der Waals surface area contributed by atoms with Crippen molar-refractivity contribution < 1.29 is 13.2 Å². The van der Waals surface area contributed by atoms with Gasteiger partial charge in [0.1, 0.15) is 0 Å². The molecule has 3 nitrogen and oxygen atoms in total. The Morgan fingerprint density at radius 3 is 2.43 bits per heavy atom. The maximum atomic E-state index is 12.7. The van der Waals surface area contributed by atoms with Gasteiger partial charge in [0.15, 0.2) is 0 Å². The molecule has 2 heterocycles. The third kappa shape index (κ3) is 2.28. The van der Waals surface area contributed by atoms with Gasteiger partial charge < -0.3 is 5.23 Å². The van der Waals surface area contributed by atoms with Gasteiger partial charge in [-0.3, -0.25) is 4.59 Å². The molecule has 0 unspecified atom stereocenters. The molecule has 1 N–H and O–H groups in total. The van der Waals surface area contributed by atoms with Crippen LogP contribution in [-0.2, 0) is 6.18 Å². The van der Waals surface area contributed by atoms with Gasteiger partial charge in [0, 0.05) is 17.4 Å². The summed E-state index contributed by atoms with van der Waals surface area (Å²) in [6.45, 7) is -0.336. The first-order chi connectivity index (χ1) is 11.0. The number of hydrogen-bond donors (Lipinski definition) is 1. The highest BCUT2D eigenvalue weighted by Crippen LogP contribution is 2.32. The zero-order valence-electron chi connectivity index (χ0n) is 11.9. The Labute approximate surface area is 130 Å². The van der Waals surface area contributed by atoms with E-state index >= 15 is 0 Å². The second-order valence-corrected chi connectivity index (χ2v) is 5.37. The molecule has 0 spiro atoms. The van der Waals surface area contributed by atoms with Gasteiger partial charge in [0.2, 0.25) is 0 Å². The molecule has 0 atom stereocenters. The predicted octanol–water partition coefficient (Wildman–Crippen LogP) is 3.24. The number of nitrogens with one attached hydrogen (secondary N) is 1. The van der Waals surface area contributed by atoms with Crippen molar-refractivity contribution in [1.82, 2.24) is 9.69 Å². The van der Waals surface area contributed by atoms with E-state index in [4.69, 9.17) is 0 Å². The lowest BCUT2D eigenvalue weighted by Gasteiger charge is -2.26. The first-order valence-corrected chi connectivity index (χ1v) is 7.11. The Kier molecular flexibility index (Phi) is 2.97. The van der Waals surface area contributed by atoms with Gasteiger partial charge in [-0.25, -0.2) is 0 Å². The number of nitrogens with zero attached hydrogens (tertiary/aromatic N) is 2. The number of halogens is 3. The van der Waals surface area contributed by atoms with Gasteiger partial charge in [-0.05, 0) is 17.6 Å². The molecule has 0 bridgehead atoms. The van der Waals surface area contributed by atoms with Crippen LogP contribution in [0.2, 0.25) is 0 Å². The van der Waals surface area contributed by atoms with Crippen molar-refractivity contribution in [3.05, 3.63) is 66.4 Å². The molecule has 0 saturated heterocycles. The van der Waals surface area contributed by atoms with Crippen LogP contribution >= 0.6 is 0 Å². The number of alkyl halides is 3. The third-order valence-corrected chi connectivity index (χ3v) is 3.96. The van der Waals surface area contributed by atoms with Crippen molar-refractivity contribution in [3.63, 3.8) is 0 Å². The summed E-state index contributed by atoms with van der Waals surface area (Å²) < 4.78 is 39.9. The van der Waals surface area contributed by atoms with Crippen LogP contribution < -0.4 is 10.7 Å². The summed E-state index contributed by atoms with van der Waals surface area (Å²) in [5, 5.41) is 7.65. The number of rotatable bonds is 1. The maximum Gasteiger partial charge on any atom is 0.430 e. The molecule has 2 aromatic carbocycles. The van der Waals surface area contributed by atoms with E-state index in [2.05, 4.69) is 10.3 Å². The molecule has 3 aromatic rings. The van der Waals surface area contributed by atoms with E-state index in [1.807, 2.05) is 30.3 Å². The van der Waals surface area contributed by atoms with E-state index in [1.54, 1.807) is 10.8 Å². The Morgan fingerprint density at radius 1 is 0.957 bits per heavy atom. The highest BCUT2D eigenvalue weighted by Gasteiger charge is 2.33. The number of anilines is 1.